The van der Waals surface area contributed by atoms with Crippen molar-refractivity contribution in [2.24, 2.45) is 5.73 Å². The Morgan fingerprint density at radius 2 is 2.06 bits per heavy atom. The molecule has 0 saturated carbocycles. The van der Waals surface area contributed by atoms with Crippen LogP contribution in [0.1, 0.15) is 22.3 Å². The molecule has 90 valence electrons. The summed E-state index contributed by atoms with van der Waals surface area (Å²) in [5.74, 6) is 0.859. The summed E-state index contributed by atoms with van der Waals surface area (Å²) < 4.78 is 5.55. The number of oxazole rings is 1. The molecule has 0 amide bonds. The number of aromatic nitrogens is 2. The summed E-state index contributed by atoms with van der Waals surface area (Å²) in [6, 6.07) is 3.93. The third-order valence-electron chi connectivity index (χ3n) is 2.54. The zero-order chi connectivity index (χ0) is 12.3. The number of thioether (sulfide) groups is 1. The number of nitrogens with two attached hydrogens (primary N) is 1. The van der Waals surface area contributed by atoms with Crippen LogP contribution in [0, 0.1) is 13.8 Å². The second-order valence-electron chi connectivity index (χ2n) is 3.74. The second kappa shape index (κ2) is 5.33. The Bertz CT molecular complexity index is 464. The number of rotatable bonds is 4. The van der Waals surface area contributed by atoms with E-state index >= 15 is 0 Å². The van der Waals surface area contributed by atoms with Crippen LogP contribution in [0.5, 0.6) is 0 Å². The lowest BCUT2D eigenvalue weighted by Crippen LogP contribution is -2.09. The maximum Gasteiger partial charge on any atom is 0.256 e. The molecule has 0 fully saturated rings. The van der Waals surface area contributed by atoms with Gasteiger partial charge in [0.25, 0.3) is 5.22 Å². The number of aryl methyl sites for hydroxylation is 2. The smallest absolute Gasteiger partial charge is 0.256 e. The molecule has 2 aromatic rings. The highest BCUT2D eigenvalue weighted by molar-refractivity contribution is 7.99. The molecule has 4 nitrogen and oxygen atoms in total. The first-order valence-corrected chi connectivity index (χ1v) is 6.29. The summed E-state index contributed by atoms with van der Waals surface area (Å²) in [4.78, 5) is 8.35. The molecular weight excluding hydrogens is 234 g/mol. The van der Waals surface area contributed by atoms with Crippen molar-refractivity contribution in [3.8, 4) is 0 Å². The van der Waals surface area contributed by atoms with Gasteiger partial charge in [0.2, 0.25) is 0 Å². The van der Waals surface area contributed by atoms with Crippen LogP contribution in [0.2, 0.25) is 0 Å². The van der Waals surface area contributed by atoms with Gasteiger partial charge in [-0.3, -0.25) is 4.98 Å². The summed E-state index contributed by atoms with van der Waals surface area (Å²) in [6.45, 7) is 4.39. The van der Waals surface area contributed by atoms with Crippen molar-refractivity contribution in [1.29, 1.82) is 0 Å². The van der Waals surface area contributed by atoms with Crippen LogP contribution < -0.4 is 5.73 Å². The van der Waals surface area contributed by atoms with Crippen LogP contribution in [-0.2, 0) is 0 Å². The molecule has 1 unspecified atom stereocenters. The molecule has 2 N–H and O–H groups in total. The molecule has 0 aliphatic rings. The standard InChI is InChI=1S/C12H15N3OS/c1-8-9(2)16-12(15-8)17-11(7-13)10-3-5-14-6-4-10/h3-6,11H,7,13H2,1-2H3. The minimum Gasteiger partial charge on any atom is -0.437 e. The Morgan fingerprint density at radius 1 is 1.35 bits per heavy atom. The molecule has 0 aromatic carbocycles. The van der Waals surface area contributed by atoms with E-state index in [2.05, 4.69) is 9.97 Å². The van der Waals surface area contributed by atoms with E-state index in [1.165, 1.54) is 0 Å². The Kier molecular flexibility index (Phi) is 3.81. The minimum atomic E-state index is 0.149. The zero-order valence-electron chi connectivity index (χ0n) is 9.88. The minimum absolute atomic E-state index is 0.149. The monoisotopic (exact) mass is 249 g/mol. The maximum atomic E-state index is 5.79. The topological polar surface area (TPSA) is 64.9 Å². The molecule has 0 spiro atoms. The summed E-state index contributed by atoms with van der Waals surface area (Å²) in [5, 5.41) is 0.822. The van der Waals surface area contributed by atoms with E-state index in [-0.39, 0.29) is 5.25 Å². The zero-order valence-corrected chi connectivity index (χ0v) is 10.7. The van der Waals surface area contributed by atoms with Gasteiger partial charge < -0.3 is 10.2 Å². The highest BCUT2D eigenvalue weighted by Gasteiger charge is 2.15. The van der Waals surface area contributed by atoms with Crippen LogP contribution in [0.4, 0.5) is 0 Å². The number of hydrogen-bond donors (Lipinski definition) is 1. The van der Waals surface area contributed by atoms with Gasteiger partial charge in [-0.05, 0) is 31.5 Å². The van der Waals surface area contributed by atoms with Crippen molar-refractivity contribution in [3.05, 3.63) is 41.5 Å². The Hall–Kier alpha value is -1.33. The predicted octanol–water partition coefficient (Wildman–Crippen LogP) is 2.48. The van der Waals surface area contributed by atoms with Crippen LogP contribution in [-0.4, -0.2) is 16.5 Å². The van der Waals surface area contributed by atoms with E-state index in [0.717, 1.165) is 17.0 Å². The van der Waals surface area contributed by atoms with Crippen LogP contribution in [0.25, 0.3) is 0 Å². The van der Waals surface area contributed by atoms with Gasteiger partial charge in [-0.1, -0.05) is 11.8 Å². The highest BCUT2D eigenvalue weighted by atomic mass is 32.2. The summed E-state index contributed by atoms with van der Waals surface area (Å²) in [6.07, 6.45) is 3.54. The molecule has 0 bridgehead atoms. The molecule has 17 heavy (non-hydrogen) atoms. The SMILES string of the molecule is Cc1nc(SC(CN)c2ccncc2)oc1C. The molecule has 2 aromatic heterocycles. The van der Waals surface area contributed by atoms with Crippen molar-refractivity contribution in [1.82, 2.24) is 9.97 Å². The van der Waals surface area contributed by atoms with E-state index < -0.39 is 0 Å². The van der Waals surface area contributed by atoms with E-state index in [4.69, 9.17) is 10.2 Å². The first-order valence-electron chi connectivity index (χ1n) is 5.41. The molecule has 5 heteroatoms. The predicted molar refractivity (Wildman–Crippen MR) is 67.9 cm³/mol. The average Bonchev–Trinajstić information content (AvgIpc) is 2.67. The quantitative estimate of drug-likeness (QED) is 0.843. The molecule has 0 aliphatic heterocycles. The molecular formula is C12H15N3OS. The van der Waals surface area contributed by atoms with Crippen LogP contribution >= 0.6 is 11.8 Å². The third-order valence-corrected chi connectivity index (χ3v) is 3.67. The molecule has 0 radical (unpaired) electrons. The fourth-order valence-electron chi connectivity index (χ4n) is 1.45. The Labute approximate surface area is 105 Å². The van der Waals surface area contributed by atoms with Crippen molar-refractivity contribution < 1.29 is 4.42 Å². The first kappa shape index (κ1) is 12.1. The van der Waals surface area contributed by atoms with Gasteiger partial charge in [0.1, 0.15) is 5.76 Å². The normalized spacial score (nSPS) is 12.6. The molecule has 1 atom stereocenters. The van der Waals surface area contributed by atoms with Gasteiger partial charge in [-0.2, -0.15) is 0 Å². The van der Waals surface area contributed by atoms with Gasteiger partial charge in [-0.25, -0.2) is 4.98 Å². The molecule has 2 rings (SSSR count). The van der Waals surface area contributed by atoms with Crippen molar-refractivity contribution in [2.45, 2.75) is 24.3 Å². The Morgan fingerprint density at radius 3 is 2.59 bits per heavy atom. The lowest BCUT2D eigenvalue weighted by Gasteiger charge is -2.11. The van der Waals surface area contributed by atoms with Crippen molar-refractivity contribution in [3.63, 3.8) is 0 Å². The third kappa shape index (κ3) is 2.87. The van der Waals surface area contributed by atoms with E-state index in [1.807, 2.05) is 26.0 Å². The van der Waals surface area contributed by atoms with E-state index in [1.54, 1.807) is 24.2 Å². The van der Waals surface area contributed by atoms with Gasteiger partial charge >= 0.3 is 0 Å². The summed E-state index contributed by atoms with van der Waals surface area (Å²) >= 11 is 1.55. The average molecular weight is 249 g/mol. The number of pyridine rings is 1. The van der Waals surface area contributed by atoms with Gasteiger partial charge in [0, 0.05) is 18.9 Å². The van der Waals surface area contributed by atoms with E-state index in [9.17, 15) is 0 Å². The fourth-order valence-corrected chi connectivity index (χ4v) is 2.44. The Balaban J connectivity index is 2.15. The van der Waals surface area contributed by atoms with E-state index in [0.29, 0.717) is 11.8 Å². The summed E-state index contributed by atoms with van der Waals surface area (Å²) in [7, 11) is 0. The highest BCUT2D eigenvalue weighted by Crippen LogP contribution is 2.34. The van der Waals surface area contributed by atoms with Crippen LogP contribution in [0.3, 0.4) is 0 Å². The largest absolute Gasteiger partial charge is 0.437 e. The lowest BCUT2D eigenvalue weighted by molar-refractivity contribution is 0.430. The lowest BCUT2D eigenvalue weighted by atomic mass is 10.2. The molecule has 0 aliphatic carbocycles. The second-order valence-corrected chi connectivity index (χ2v) is 4.90. The first-order chi connectivity index (χ1) is 8.20. The summed E-state index contributed by atoms with van der Waals surface area (Å²) in [5.41, 5.74) is 7.86. The molecule has 0 saturated heterocycles. The van der Waals surface area contributed by atoms with Crippen LogP contribution in [0.15, 0.2) is 34.2 Å². The van der Waals surface area contributed by atoms with Gasteiger partial charge in [0.05, 0.1) is 10.9 Å². The molecule has 2 heterocycles. The maximum absolute atomic E-state index is 5.79. The van der Waals surface area contributed by atoms with Crippen molar-refractivity contribution >= 4 is 11.8 Å². The van der Waals surface area contributed by atoms with Crippen molar-refractivity contribution in [2.75, 3.05) is 6.54 Å². The van der Waals surface area contributed by atoms with Gasteiger partial charge in [0.15, 0.2) is 0 Å². The number of hydrogen-bond acceptors (Lipinski definition) is 5. The fraction of sp³-hybridized carbons (Fsp3) is 0.333. The van der Waals surface area contributed by atoms with Gasteiger partial charge in [-0.15, -0.1) is 0 Å². The number of nitrogens with zero attached hydrogens (tertiary/aromatic N) is 2.